The second kappa shape index (κ2) is 8.61. The molecule has 0 N–H and O–H groups in total. The van der Waals surface area contributed by atoms with E-state index in [9.17, 15) is 4.79 Å². The number of hydrogen-bond acceptors (Lipinski definition) is 4. The van der Waals surface area contributed by atoms with Gasteiger partial charge in [0.1, 0.15) is 0 Å². The summed E-state index contributed by atoms with van der Waals surface area (Å²) < 4.78 is 0. The Bertz CT molecular complexity index is 652. The third kappa shape index (κ3) is 4.82. The van der Waals surface area contributed by atoms with Crippen LogP contribution in [0.15, 0.2) is 18.2 Å². The first-order chi connectivity index (χ1) is 12.8. The van der Waals surface area contributed by atoms with Crippen molar-refractivity contribution in [1.29, 1.82) is 0 Å². The van der Waals surface area contributed by atoms with E-state index in [4.69, 9.17) is 0 Å². The lowest BCUT2D eigenvalue weighted by Gasteiger charge is -2.38. The van der Waals surface area contributed by atoms with Crippen LogP contribution in [-0.2, 0) is 4.79 Å². The Labute approximate surface area is 164 Å². The number of likely N-dealkylation sites (tertiary alicyclic amines) is 1. The van der Waals surface area contributed by atoms with Crippen LogP contribution < -0.4 is 4.90 Å². The molecule has 5 nitrogen and oxygen atoms in total. The van der Waals surface area contributed by atoms with E-state index in [1.807, 2.05) is 0 Å². The van der Waals surface area contributed by atoms with E-state index in [0.29, 0.717) is 11.9 Å². The molecule has 0 aromatic heterocycles. The second-order valence-electron chi connectivity index (χ2n) is 8.72. The zero-order chi connectivity index (χ0) is 19.6. The first kappa shape index (κ1) is 20.2. The third-order valence-electron chi connectivity index (χ3n) is 6.28. The van der Waals surface area contributed by atoms with Crippen molar-refractivity contribution in [2.75, 3.05) is 65.3 Å². The summed E-state index contributed by atoms with van der Waals surface area (Å²) in [5, 5.41) is 0. The van der Waals surface area contributed by atoms with Crippen molar-refractivity contribution < 1.29 is 4.79 Å². The summed E-state index contributed by atoms with van der Waals surface area (Å²) in [6, 6.07) is 7.19. The molecule has 27 heavy (non-hydrogen) atoms. The van der Waals surface area contributed by atoms with Crippen LogP contribution in [0.25, 0.3) is 0 Å². The molecular formula is C22H36N4O. The van der Waals surface area contributed by atoms with Crippen molar-refractivity contribution >= 4 is 11.6 Å². The number of rotatable bonds is 3. The molecule has 0 spiro atoms. The number of likely N-dealkylation sites (N-methyl/N-ethyl adjacent to an activating group) is 2. The molecule has 2 atom stereocenters. The lowest BCUT2D eigenvalue weighted by molar-refractivity contribution is -0.136. The Kier molecular flexibility index (Phi) is 6.43. The number of carbonyl (C=O) groups is 1. The van der Waals surface area contributed by atoms with Gasteiger partial charge in [0.25, 0.3) is 0 Å². The fourth-order valence-electron chi connectivity index (χ4n) is 4.50. The van der Waals surface area contributed by atoms with Crippen LogP contribution in [0.2, 0.25) is 0 Å². The van der Waals surface area contributed by atoms with E-state index in [2.05, 4.69) is 72.8 Å². The molecular weight excluding hydrogens is 336 g/mol. The Morgan fingerprint density at radius 3 is 2.41 bits per heavy atom. The molecule has 2 heterocycles. The first-order valence-electron chi connectivity index (χ1n) is 10.3. The number of anilines is 1. The van der Waals surface area contributed by atoms with Crippen LogP contribution in [0.5, 0.6) is 0 Å². The minimum atomic E-state index is 0.146. The van der Waals surface area contributed by atoms with E-state index >= 15 is 0 Å². The molecule has 0 saturated carbocycles. The summed E-state index contributed by atoms with van der Waals surface area (Å²) in [6.45, 7) is 9.80. The molecule has 3 rings (SSSR count). The minimum Gasteiger partial charge on any atom is -0.368 e. The minimum absolute atomic E-state index is 0.146. The normalized spacial score (nSPS) is 25.0. The maximum atomic E-state index is 13.2. The lowest BCUT2D eigenvalue weighted by atomic mass is 9.99. The van der Waals surface area contributed by atoms with E-state index in [-0.39, 0.29) is 5.92 Å². The number of aryl methyl sites for hydroxylation is 2. The van der Waals surface area contributed by atoms with Crippen LogP contribution >= 0.6 is 0 Å². The number of piperazine rings is 1. The molecule has 2 fully saturated rings. The van der Waals surface area contributed by atoms with Crippen LogP contribution in [-0.4, -0.2) is 87.1 Å². The standard InChI is InChI=1S/C22H36N4O/c1-17-6-7-18(2)21(14-17)25-10-12-26(13-11-25)22(27)19-8-9-20(23(3)4)16-24(5)15-19/h6-7,14,19-20H,8-13,15-16H2,1-5H3/t19-,20+/m1/s1. The molecule has 2 saturated heterocycles. The molecule has 2 aliphatic heterocycles. The van der Waals surface area contributed by atoms with Crippen molar-refractivity contribution in [3.8, 4) is 0 Å². The van der Waals surface area contributed by atoms with Gasteiger partial charge < -0.3 is 19.6 Å². The van der Waals surface area contributed by atoms with Gasteiger partial charge in [-0.1, -0.05) is 12.1 Å². The van der Waals surface area contributed by atoms with Crippen molar-refractivity contribution in [2.24, 2.45) is 5.92 Å². The van der Waals surface area contributed by atoms with Crippen molar-refractivity contribution in [3.63, 3.8) is 0 Å². The van der Waals surface area contributed by atoms with Crippen molar-refractivity contribution in [1.82, 2.24) is 14.7 Å². The van der Waals surface area contributed by atoms with E-state index in [1.165, 1.54) is 16.8 Å². The zero-order valence-corrected chi connectivity index (χ0v) is 17.7. The molecule has 0 unspecified atom stereocenters. The Hall–Kier alpha value is -1.59. The van der Waals surface area contributed by atoms with Crippen LogP contribution in [0.1, 0.15) is 24.0 Å². The molecule has 0 radical (unpaired) electrons. The molecule has 150 valence electrons. The molecule has 1 aromatic carbocycles. The van der Waals surface area contributed by atoms with Gasteiger partial charge in [-0.2, -0.15) is 0 Å². The van der Waals surface area contributed by atoms with E-state index in [0.717, 1.165) is 52.1 Å². The second-order valence-corrected chi connectivity index (χ2v) is 8.72. The van der Waals surface area contributed by atoms with Gasteiger partial charge in [0.05, 0.1) is 5.92 Å². The van der Waals surface area contributed by atoms with E-state index in [1.54, 1.807) is 0 Å². The highest BCUT2D eigenvalue weighted by Gasteiger charge is 2.32. The fraction of sp³-hybridized carbons (Fsp3) is 0.682. The van der Waals surface area contributed by atoms with Gasteiger partial charge in [0.15, 0.2) is 0 Å². The maximum Gasteiger partial charge on any atom is 0.227 e. The zero-order valence-electron chi connectivity index (χ0n) is 17.7. The summed E-state index contributed by atoms with van der Waals surface area (Å²) in [5.74, 6) is 0.508. The monoisotopic (exact) mass is 372 g/mol. The average Bonchev–Trinajstić information content (AvgIpc) is 2.85. The number of carbonyl (C=O) groups excluding carboxylic acids is 1. The highest BCUT2D eigenvalue weighted by molar-refractivity contribution is 5.79. The predicted molar refractivity (Wildman–Crippen MR) is 112 cm³/mol. The number of nitrogens with zero attached hydrogens (tertiary/aromatic N) is 4. The summed E-state index contributed by atoms with van der Waals surface area (Å²) in [5.41, 5.74) is 3.94. The summed E-state index contributed by atoms with van der Waals surface area (Å²) in [4.78, 5) is 22.3. The van der Waals surface area contributed by atoms with Crippen molar-refractivity contribution in [2.45, 2.75) is 32.7 Å². The van der Waals surface area contributed by atoms with Gasteiger partial charge in [0.2, 0.25) is 5.91 Å². The van der Waals surface area contributed by atoms with Gasteiger partial charge in [-0.3, -0.25) is 4.79 Å². The van der Waals surface area contributed by atoms with Crippen LogP contribution in [0.3, 0.4) is 0 Å². The summed E-state index contributed by atoms with van der Waals surface area (Å²) in [6.07, 6.45) is 2.11. The molecule has 2 aliphatic rings. The Morgan fingerprint density at radius 2 is 1.74 bits per heavy atom. The fourth-order valence-corrected chi connectivity index (χ4v) is 4.50. The smallest absolute Gasteiger partial charge is 0.227 e. The first-order valence-corrected chi connectivity index (χ1v) is 10.3. The van der Waals surface area contributed by atoms with Gasteiger partial charge in [-0.25, -0.2) is 0 Å². The molecule has 0 bridgehead atoms. The number of amides is 1. The number of hydrogen-bond donors (Lipinski definition) is 0. The summed E-state index contributed by atoms with van der Waals surface area (Å²) in [7, 11) is 6.45. The lowest BCUT2D eigenvalue weighted by Crippen LogP contribution is -2.51. The van der Waals surface area contributed by atoms with Crippen molar-refractivity contribution in [3.05, 3.63) is 29.3 Å². The number of benzene rings is 1. The Morgan fingerprint density at radius 1 is 1.04 bits per heavy atom. The molecule has 1 aromatic rings. The van der Waals surface area contributed by atoms with Crippen LogP contribution in [0, 0.1) is 19.8 Å². The third-order valence-corrected chi connectivity index (χ3v) is 6.28. The predicted octanol–water partition coefficient (Wildman–Crippen LogP) is 2.22. The summed E-state index contributed by atoms with van der Waals surface area (Å²) >= 11 is 0. The van der Waals surface area contributed by atoms with E-state index < -0.39 is 0 Å². The van der Waals surface area contributed by atoms with Gasteiger partial charge in [0, 0.05) is 51.0 Å². The van der Waals surface area contributed by atoms with Crippen LogP contribution in [0.4, 0.5) is 5.69 Å². The van der Waals surface area contributed by atoms with Gasteiger partial charge >= 0.3 is 0 Å². The quantitative estimate of drug-likeness (QED) is 0.814. The SMILES string of the molecule is Cc1ccc(C)c(N2CCN(C(=O)[C@@H]3CC[C@H](N(C)C)CN(C)C3)CC2)c1. The molecule has 5 heteroatoms. The topological polar surface area (TPSA) is 30.0 Å². The average molecular weight is 373 g/mol. The molecule has 1 amide bonds. The molecule has 0 aliphatic carbocycles. The maximum absolute atomic E-state index is 13.2. The highest BCUT2D eigenvalue weighted by Crippen LogP contribution is 2.25. The van der Waals surface area contributed by atoms with Gasteiger partial charge in [-0.05, 0) is 65.0 Å². The van der Waals surface area contributed by atoms with Gasteiger partial charge in [-0.15, -0.1) is 0 Å². The highest BCUT2D eigenvalue weighted by atomic mass is 16.2. The largest absolute Gasteiger partial charge is 0.368 e. The Balaban J connectivity index is 1.59.